The number of benzene rings is 3. The third-order valence-electron chi connectivity index (χ3n) is 6.35. The van der Waals surface area contributed by atoms with E-state index in [1.807, 2.05) is 67.6 Å². The summed E-state index contributed by atoms with van der Waals surface area (Å²) in [5, 5.41) is 0.935. The number of nitrogens with zero attached hydrogens (tertiary/aromatic N) is 2. The Balaban J connectivity index is 1.60. The van der Waals surface area contributed by atoms with Crippen molar-refractivity contribution in [3.05, 3.63) is 130 Å². The van der Waals surface area contributed by atoms with Crippen LogP contribution < -0.4 is 19.6 Å². The number of thiazole rings is 1. The Bertz CT molecular complexity index is 1760. The minimum absolute atomic E-state index is 0.247. The first-order chi connectivity index (χ1) is 18.9. The Kier molecular flexibility index (Phi) is 8.02. The number of methoxy groups -OCH3 is 1. The summed E-state index contributed by atoms with van der Waals surface area (Å²) in [6.45, 7) is 2.21. The van der Waals surface area contributed by atoms with Crippen molar-refractivity contribution < 1.29 is 14.3 Å². The highest BCUT2D eigenvalue weighted by Crippen LogP contribution is 2.32. The zero-order valence-electron chi connectivity index (χ0n) is 21.2. The van der Waals surface area contributed by atoms with Gasteiger partial charge in [0.25, 0.3) is 5.56 Å². The number of ether oxygens (including phenoxy) is 2. The minimum atomic E-state index is -0.645. The number of allylic oxidation sites excluding steroid dienone is 1. The Morgan fingerprint density at radius 3 is 2.51 bits per heavy atom. The lowest BCUT2D eigenvalue weighted by Gasteiger charge is -2.25. The summed E-state index contributed by atoms with van der Waals surface area (Å²) < 4.78 is 13.3. The molecule has 0 saturated heterocycles. The molecular formula is C30H24Cl2N2O4S. The molecule has 198 valence electrons. The van der Waals surface area contributed by atoms with Crippen LogP contribution in [0.1, 0.15) is 36.1 Å². The standard InChI is InChI=1S/C30H24Cl2N2O4S/c1-3-23-26(29(36)37-2)27(19-9-5-4-6-10-19)34-28(35)25(39-30(34)33-23)16-20-11-7-8-12-24(20)38-17-18-13-14-21(31)22(32)15-18/h4-16,27H,3,17H2,1-2H3/b25-16-/t27-/m1/s1. The number of carbonyl (C=O) groups is 1. The Labute approximate surface area is 239 Å². The summed E-state index contributed by atoms with van der Waals surface area (Å²) in [6.07, 6.45) is 2.31. The Morgan fingerprint density at radius 2 is 1.79 bits per heavy atom. The molecule has 1 aromatic heterocycles. The van der Waals surface area contributed by atoms with Crippen LogP contribution in [0.15, 0.2) is 93.9 Å². The van der Waals surface area contributed by atoms with Crippen LogP contribution in [0.5, 0.6) is 5.75 Å². The van der Waals surface area contributed by atoms with Gasteiger partial charge in [0.2, 0.25) is 0 Å². The van der Waals surface area contributed by atoms with Gasteiger partial charge in [0, 0.05) is 5.56 Å². The monoisotopic (exact) mass is 578 g/mol. The van der Waals surface area contributed by atoms with Gasteiger partial charge in [0.15, 0.2) is 4.80 Å². The maximum atomic E-state index is 13.9. The number of rotatable bonds is 7. The van der Waals surface area contributed by atoms with Crippen molar-refractivity contribution in [2.24, 2.45) is 4.99 Å². The largest absolute Gasteiger partial charge is 0.488 e. The fraction of sp³-hybridized carbons (Fsp3) is 0.167. The third kappa shape index (κ3) is 5.43. The number of aromatic nitrogens is 1. The van der Waals surface area contributed by atoms with E-state index < -0.39 is 12.0 Å². The highest BCUT2D eigenvalue weighted by Gasteiger charge is 2.33. The number of esters is 1. The number of fused-ring (bicyclic) bond motifs is 1. The van der Waals surface area contributed by atoms with E-state index in [2.05, 4.69) is 0 Å². The van der Waals surface area contributed by atoms with Crippen LogP contribution in [-0.2, 0) is 16.1 Å². The van der Waals surface area contributed by atoms with Crippen molar-refractivity contribution in [3.8, 4) is 5.75 Å². The topological polar surface area (TPSA) is 69.9 Å². The predicted molar refractivity (Wildman–Crippen MR) is 154 cm³/mol. The van der Waals surface area contributed by atoms with Crippen molar-refractivity contribution in [3.63, 3.8) is 0 Å². The van der Waals surface area contributed by atoms with Crippen LogP contribution in [0, 0.1) is 0 Å². The molecule has 0 amide bonds. The molecule has 9 heteroatoms. The van der Waals surface area contributed by atoms with Gasteiger partial charge < -0.3 is 9.47 Å². The molecule has 1 aliphatic heterocycles. The van der Waals surface area contributed by atoms with Crippen LogP contribution in [0.3, 0.4) is 0 Å². The van der Waals surface area contributed by atoms with Gasteiger partial charge in [-0.25, -0.2) is 9.79 Å². The fourth-order valence-corrected chi connectivity index (χ4v) is 5.81. The van der Waals surface area contributed by atoms with E-state index in [9.17, 15) is 9.59 Å². The molecule has 39 heavy (non-hydrogen) atoms. The summed E-state index contributed by atoms with van der Waals surface area (Å²) in [5.74, 6) is 0.110. The first-order valence-corrected chi connectivity index (χ1v) is 13.8. The van der Waals surface area contributed by atoms with Gasteiger partial charge in [-0.1, -0.05) is 96.1 Å². The maximum absolute atomic E-state index is 13.9. The van der Waals surface area contributed by atoms with Gasteiger partial charge in [-0.05, 0) is 41.8 Å². The second-order valence-electron chi connectivity index (χ2n) is 8.77. The molecule has 0 unspecified atom stereocenters. The smallest absolute Gasteiger partial charge is 0.338 e. The molecule has 4 aromatic rings. The number of halogens is 2. The highest BCUT2D eigenvalue weighted by atomic mass is 35.5. The molecule has 6 nitrogen and oxygen atoms in total. The summed E-state index contributed by atoms with van der Waals surface area (Å²) in [6, 6.07) is 21.6. The first-order valence-electron chi connectivity index (χ1n) is 12.2. The van der Waals surface area contributed by atoms with Crippen LogP contribution >= 0.6 is 34.5 Å². The second-order valence-corrected chi connectivity index (χ2v) is 10.6. The quantitative estimate of drug-likeness (QED) is 0.264. The average molecular weight is 580 g/mol. The number of hydrogen-bond donors (Lipinski definition) is 0. The normalized spacial score (nSPS) is 15.1. The second kappa shape index (κ2) is 11.6. The van der Waals surface area contributed by atoms with Crippen molar-refractivity contribution in [1.82, 2.24) is 4.57 Å². The molecule has 1 atom stereocenters. The molecule has 1 aliphatic rings. The minimum Gasteiger partial charge on any atom is -0.488 e. The molecule has 5 rings (SSSR count). The van der Waals surface area contributed by atoms with E-state index in [1.54, 1.807) is 22.8 Å². The molecule has 0 saturated carbocycles. The lowest BCUT2D eigenvalue weighted by molar-refractivity contribution is -0.136. The van der Waals surface area contributed by atoms with Crippen molar-refractivity contribution in [2.45, 2.75) is 26.0 Å². The van der Waals surface area contributed by atoms with Crippen molar-refractivity contribution >= 4 is 46.6 Å². The molecule has 0 radical (unpaired) electrons. The van der Waals surface area contributed by atoms with Gasteiger partial charge in [0.05, 0.1) is 39.0 Å². The summed E-state index contributed by atoms with van der Waals surface area (Å²) >= 11 is 13.5. The van der Waals surface area contributed by atoms with Crippen LogP contribution in [0.2, 0.25) is 10.0 Å². The number of hydrogen-bond acceptors (Lipinski definition) is 6. The lowest BCUT2D eigenvalue weighted by Crippen LogP contribution is -2.40. The maximum Gasteiger partial charge on any atom is 0.338 e. The summed E-state index contributed by atoms with van der Waals surface area (Å²) in [5.41, 5.74) is 3.13. The van der Waals surface area contributed by atoms with Gasteiger partial charge in [-0.2, -0.15) is 0 Å². The molecule has 2 heterocycles. The van der Waals surface area contributed by atoms with E-state index in [-0.39, 0.29) is 12.2 Å². The molecule has 0 aliphatic carbocycles. The molecular weight excluding hydrogens is 555 g/mol. The molecule has 0 bridgehead atoms. The zero-order chi connectivity index (χ0) is 27.5. The van der Waals surface area contributed by atoms with E-state index in [0.29, 0.717) is 42.8 Å². The van der Waals surface area contributed by atoms with Gasteiger partial charge in [-0.15, -0.1) is 0 Å². The molecule has 0 fully saturated rings. The molecule has 3 aromatic carbocycles. The lowest BCUT2D eigenvalue weighted by atomic mass is 9.95. The Morgan fingerprint density at radius 1 is 1.05 bits per heavy atom. The Hall–Kier alpha value is -3.65. The predicted octanol–water partition coefficient (Wildman–Crippen LogP) is 5.68. The van der Waals surface area contributed by atoms with E-state index in [4.69, 9.17) is 37.7 Å². The van der Waals surface area contributed by atoms with Crippen LogP contribution in [0.25, 0.3) is 6.08 Å². The zero-order valence-corrected chi connectivity index (χ0v) is 23.5. The molecule has 0 spiro atoms. The number of para-hydroxylation sites is 1. The SMILES string of the molecule is CCC1=C(C(=O)OC)[C@@H](c2ccccc2)n2c(s/c(=C\c3ccccc3OCc3ccc(Cl)c(Cl)c3)c2=O)=N1. The van der Waals surface area contributed by atoms with Crippen LogP contribution in [0.4, 0.5) is 0 Å². The van der Waals surface area contributed by atoms with Gasteiger partial charge >= 0.3 is 5.97 Å². The van der Waals surface area contributed by atoms with E-state index >= 15 is 0 Å². The first kappa shape index (κ1) is 26.9. The average Bonchev–Trinajstić information content (AvgIpc) is 3.27. The van der Waals surface area contributed by atoms with Gasteiger partial charge in [-0.3, -0.25) is 9.36 Å². The van der Waals surface area contributed by atoms with E-state index in [1.165, 1.54) is 18.4 Å². The fourth-order valence-electron chi connectivity index (χ4n) is 4.48. The highest BCUT2D eigenvalue weighted by molar-refractivity contribution is 7.07. The van der Waals surface area contributed by atoms with Gasteiger partial charge in [0.1, 0.15) is 12.4 Å². The van der Waals surface area contributed by atoms with Crippen molar-refractivity contribution in [2.75, 3.05) is 7.11 Å². The van der Waals surface area contributed by atoms with Crippen molar-refractivity contribution in [1.29, 1.82) is 0 Å². The molecule has 0 N–H and O–H groups in total. The van der Waals surface area contributed by atoms with E-state index in [0.717, 1.165) is 16.7 Å². The summed E-state index contributed by atoms with van der Waals surface area (Å²) in [7, 11) is 1.34. The number of carbonyl (C=O) groups excluding carboxylic acids is 1. The third-order valence-corrected chi connectivity index (χ3v) is 8.07. The summed E-state index contributed by atoms with van der Waals surface area (Å²) in [4.78, 5) is 32.0. The van der Waals surface area contributed by atoms with Crippen LogP contribution in [-0.4, -0.2) is 17.6 Å².